The first-order valence-corrected chi connectivity index (χ1v) is 13.0. The first-order valence-electron chi connectivity index (χ1n) is 13.0. The van der Waals surface area contributed by atoms with Crippen molar-refractivity contribution in [2.24, 2.45) is 17.6 Å². The van der Waals surface area contributed by atoms with Gasteiger partial charge in [0.05, 0.1) is 18.7 Å². The van der Waals surface area contributed by atoms with Crippen LogP contribution in [0.15, 0.2) is 53.3 Å². The fraction of sp³-hybridized carbons (Fsp3) is 0.367. The molecule has 1 fully saturated rings. The van der Waals surface area contributed by atoms with Gasteiger partial charge in [-0.05, 0) is 80.6 Å². The number of hydrogen-bond acceptors (Lipinski definition) is 9. The van der Waals surface area contributed by atoms with E-state index in [2.05, 4.69) is 0 Å². The first-order chi connectivity index (χ1) is 18.9. The van der Waals surface area contributed by atoms with Crippen molar-refractivity contribution in [2.75, 3.05) is 21.2 Å². The van der Waals surface area contributed by atoms with Crippen LogP contribution in [-0.2, 0) is 33.6 Å². The number of carbonyl (C=O) groups is 3. The summed E-state index contributed by atoms with van der Waals surface area (Å²) >= 11 is 0. The van der Waals surface area contributed by atoms with Gasteiger partial charge in [-0.3, -0.25) is 19.3 Å². The third-order valence-corrected chi connectivity index (χ3v) is 8.54. The van der Waals surface area contributed by atoms with E-state index in [-0.39, 0.29) is 29.7 Å². The lowest BCUT2D eigenvalue weighted by Gasteiger charge is -2.50. The number of aryl methyl sites for hydroxylation is 2. The number of fused-ring (bicyclic) bond motifs is 3. The summed E-state index contributed by atoms with van der Waals surface area (Å²) in [6, 6.07) is 9.80. The number of aromatic hydroxyl groups is 1. The monoisotopic (exact) mass is 548 g/mol. The zero-order valence-electron chi connectivity index (χ0n) is 22.5. The Balaban J connectivity index is 1.59. The number of likely N-dealkylation sites (N-methyl/N-ethyl adjacent to an activating group) is 1. The van der Waals surface area contributed by atoms with Crippen molar-refractivity contribution in [3.63, 3.8) is 0 Å². The van der Waals surface area contributed by atoms with Gasteiger partial charge in [-0.1, -0.05) is 18.2 Å². The Kier molecular flexibility index (Phi) is 6.71. The molecule has 0 heterocycles. The first kappa shape index (κ1) is 27.4. The molecule has 5 rings (SSSR count). The predicted octanol–water partition coefficient (Wildman–Crippen LogP) is 1.76. The Hall–Kier alpha value is -4.15. The number of aliphatic hydroxyl groups excluding tert-OH is 2. The summed E-state index contributed by atoms with van der Waals surface area (Å²) in [4.78, 5) is 40.7. The minimum Gasteiger partial charge on any atom is -0.508 e. The molecule has 40 heavy (non-hydrogen) atoms. The van der Waals surface area contributed by atoms with Crippen LogP contribution in [-0.4, -0.2) is 75.6 Å². The molecule has 210 valence electrons. The number of primary amides is 1. The number of phenolic OH excluding ortho intramolecular Hbond substituents is 1. The highest BCUT2D eigenvalue weighted by atomic mass is 16.5. The maximum atomic E-state index is 13.9. The quantitative estimate of drug-likeness (QED) is 0.338. The van der Waals surface area contributed by atoms with Crippen LogP contribution in [0.25, 0.3) is 5.76 Å². The number of benzene rings is 2. The summed E-state index contributed by atoms with van der Waals surface area (Å²) in [6.45, 7) is 0. The Morgan fingerprint density at radius 3 is 2.35 bits per heavy atom. The predicted molar refractivity (Wildman–Crippen MR) is 145 cm³/mol. The van der Waals surface area contributed by atoms with Crippen LogP contribution >= 0.6 is 0 Å². The van der Waals surface area contributed by atoms with Crippen molar-refractivity contribution >= 4 is 23.2 Å². The number of amides is 1. The number of ether oxygens (including phenoxy) is 1. The number of Topliss-reactive ketones (excluding diaryl/α,β-unsaturated/α-hetero) is 2. The smallest absolute Gasteiger partial charge is 0.255 e. The van der Waals surface area contributed by atoms with E-state index in [4.69, 9.17) is 10.5 Å². The van der Waals surface area contributed by atoms with E-state index in [1.54, 1.807) is 27.3 Å². The number of nitrogens with two attached hydrogens (primary N) is 1. The number of rotatable bonds is 6. The van der Waals surface area contributed by atoms with Gasteiger partial charge in [0.15, 0.2) is 11.4 Å². The maximum Gasteiger partial charge on any atom is 0.255 e. The summed E-state index contributed by atoms with van der Waals surface area (Å²) in [5.41, 5.74) is 4.46. The number of aliphatic hydroxyl groups is 3. The maximum absolute atomic E-state index is 13.9. The van der Waals surface area contributed by atoms with Crippen molar-refractivity contribution in [1.29, 1.82) is 0 Å². The lowest BCUT2D eigenvalue weighted by Crippen LogP contribution is -2.65. The lowest BCUT2D eigenvalue weighted by atomic mass is 9.57. The SMILES string of the molecule is COc1ccc(CCc2ccc(O)c3c2C[C@H]2C[C@@H]4[C@@H](N(C)C)C(=O)C(C(N)=O)=C(O)[C@@]4(O)C(=O)C2=C3O)cc1. The molecule has 0 saturated heterocycles. The molecule has 0 aromatic heterocycles. The normalized spacial score (nSPS) is 26.0. The van der Waals surface area contributed by atoms with E-state index in [1.165, 1.54) is 11.0 Å². The fourth-order valence-corrected chi connectivity index (χ4v) is 6.61. The standard InChI is InChI=1S/C30H32N2O8/c1-32(2)24-19-13-16-12-18-15(7-4-14-5-9-17(40-3)10-6-14)8-11-20(33)22(18)25(34)21(16)27(36)30(19,39)28(37)23(26(24)35)29(31)38/h5-6,8-11,16,19,24,33-34,37,39H,4,7,12-13H2,1-3H3,(H2,31,38)/t16-,19+,24+,30-/m0/s1. The number of nitrogens with zero attached hydrogens (tertiary/aromatic N) is 1. The molecule has 6 N–H and O–H groups in total. The highest BCUT2D eigenvalue weighted by Crippen LogP contribution is 2.53. The number of ketones is 2. The summed E-state index contributed by atoms with van der Waals surface area (Å²) in [7, 11) is 4.74. The van der Waals surface area contributed by atoms with Crippen LogP contribution in [0.5, 0.6) is 11.5 Å². The van der Waals surface area contributed by atoms with Crippen LogP contribution in [0, 0.1) is 11.8 Å². The average Bonchev–Trinajstić information content (AvgIpc) is 2.90. The van der Waals surface area contributed by atoms with Crippen molar-refractivity contribution in [3.8, 4) is 11.5 Å². The molecule has 0 unspecified atom stereocenters. The molecule has 2 aromatic rings. The summed E-state index contributed by atoms with van der Waals surface area (Å²) in [6.07, 6.45) is 1.59. The van der Waals surface area contributed by atoms with Gasteiger partial charge >= 0.3 is 0 Å². The Morgan fingerprint density at radius 2 is 1.75 bits per heavy atom. The third kappa shape index (κ3) is 3.98. The molecule has 3 aliphatic rings. The second kappa shape index (κ2) is 9.79. The van der Waals surface area contributed by atoms with Gasteiger partial charge in [-0.25, -0.2) is 0 Å². The van der Waals surface area contributed by atoms with E-state index in [9.17, 15) is 34.8 Å². The van der Waals surface area contributed by atoms with E-state index >= 15 is 0 Å². The minimum atomic E-state index is -2.65. The summed E-state index contributed by atoms with van der Waals surface area (Å²) < 4.78 is 5.22. The molecule has 0 radical (unpaired) electrons. The molecular formula is C30H32N2O8. The Bertz CT molecular complexity index is 1490. The molecule has 0 bridgehead atoms. The second-order valence-electron chi connectivity index (χ2n) is 10.9. The van der Waals surface area contributed by atoms with Crippen LogP contribution in [0.4, 0.5) is 0 Å². The van der Waals surface area contributed by atoms with E-state index in [0.29, 0.717) is 18.4 Å². The third-order valence-electron chi connectivity index (χ3n) is 8.54. The van der Waals surface area contributed by atoms with Crippen molar-refractivity contribution in [1.82, 2.24) is 4.90 Å². The number of hydrogen-bond donors (Lipinski definition) is 5. The largest absolute Gasteiger partial charge is 0.508 e. The topological polar surface area (TPSA) is 171 Å². The van der Waals surface area contributed by atoms with Gasteiger partial charge in [-0.2, -0.15) is 0 Å². The van der Waals surface area contributed by atoms with Gasteiger partial charge in [0.2, 0.25) is 5.78 Å². The van der Waals surface area contributed by atoms with Crippen molar-refractivity contribution in [3.05, 3.63) is 75.6 Å². The van der Waals surface area contributed by atoms with Gasteiger partial charge in [-0.15, -0.1) is 0 Å². The van der Waals surface area contributed by atoms with Crippen molar-refractivity contribution in [2.45, 2.75) is 37.3 Å². The summed E-state index contributed by atoms with van der Waals surface area (Å²) in [5, 5.41) is 44.7. The van der Waals surface area contributed by atoms with E-state index in [0.717, 1.165) is 16.9 Å². The second-order valence-corrected chi connectivity index (χ2v) is 10.9. The zero-order chi connectivity index (χ0) is 29.1. The zero-order valence-corrected chi connectivity index (χ0v) is 22.5. The van der Waals surface area contributed by atoms with Crippen LogP contribution in [0.3, 0.4) is 0 Å². The van der Waals surface area contributed by atoms with Crippen LogP contribution < -0.4 is 10.5 Å². The molecule has 1 saturated carbocycles. The fourth-order valence-electron chi connectivity index (χ4n) is 6.61. The van der Waals surface area contributed by atoms with Gasteiger partial charge in [0, 0.05) is 11.5 Å². The molecule has 2 aromatic carbocycles. The Morgan fingerprint density at radius 1 is 1.07 bits per heavy atom. The highest BCUT2D eigenvalue weighted by molar-refractivity contribution is 6.24. The van der Waals surface area contributed by atoms with Gasteiger partial charge < -0.3 is 30.9 Å². The van der Waals surface area contributed by atoms with Gasteiger partial charge in [0.25, 0.3) is 5.91 Å². The molecule has 10 nitrogen and oxygen atoms in total. The minimum absolute atomic E-state index is 0.0549. The molecule has 4 atom stereocenters. The van der Waals surface area contributed by atoms with Crippen LogP contribution in [0.2, 0.25) is 0 Å². The molecule has 0 aliphatic heterocycles. The molecule has 1 amide bonds. The van der Waals surface area contributed by atoms with E-state index < -0.39 is 58.0 Å². The number of methoxy groups -OCH3 is 1. The lowest BCUT2D eigenvalue weighted by molar-refractivity contribution is -0.153. The molecular weight excluding hydrogens is 516 g/mol. The number of carbonyl (C=O) groups excluding carboxylic acids is 3. The van der Waals surface area contributed by atoms with Crippen molar-refractivity contribution < 1.29 is 39.5 Å². The van der Waals surface area contributed by atoms with E-state index in [1.807, 2.05) is 24.3 Å². The molecule has 0 spiro atoms. The number of phenols is 1. The van der Waals surface area contributed by atoms with Crippen LogP contribution in [0.1, 0.15) is 28.7 Å². The highest BCUT2D eigenvalue weighted by Gasteiger charge is 2.64. The molecule has 3 aliphatic carbocycles. The molecule has 10 heteroatoms. The summed E-state index contributed by atoms with van der Waals surface area (Å²) in [5.74, 6) is -5.83. The Labute approximate surface area is 231 Å². The van der Waals surface area contributed by atoms with Gasteiger partial charge in [0.1, 0.15) is 28.6 Å². The average molecular weight is 549 g/mol.